The molecule has 2 rings (SSSR count). The molecule has 1 aromatic carbocycles. The molecule has 0 saturated heterocycles. The van der Waals surface area contributed by atoms with Crippen molar-refractivity contribution in [3.05, 3.63) is 23.2 Å². The Morgan fingerprint density at radius 2 is 2.18 bits per heavy atom. The summed E-state index contributed by atoms with van der Waals surface area (Å²) >= 11 is 6.09. The summed E-state index contributed by atoms with van der Waals surface area (Å²) in [6.45, 7) is 3.04. The number of guanidine groups is 1. The van der Waals surface area contributed by atoms with Crippen LogP contribution in [0.5, 0.6) is 5.75 Å². The molecule has 3 N–H and O–H groups in total. The second kappa shape index (κ2) is 8.82. The van der Waals surface area contributed by atoms with E-state index in [0.29, 0.717) is 22.1 Å². The number of anilines is 1. The second-order valence-electron chi connectivity index (χ2n) is 5.78. The summed E-state index contributed by atoms with van der Waals surface area (Å²) in [5.74, 6) is 1.09. The smallest absolute Gasteiger partial charge is 0.193 e. The van der Waals surface area contributed by atoms with Gasteiger partial charge in [0.2, 0.25) is 0 Å². The van der Waals surface area contributed by atoms with Gasteiger partial charge < -0.3 is 15.8 Å². The molecule has 1 aliphatic rings. The number of nitrogens with zero attached hydrogens (tertiary/aromatic N) is 1. The number of benzene rings is 1. The van der Waals surface area contributed by atoms with Gasteiger partial charge in [0.1, 0.15) is 5.75 Å². The molecule has 22 heavy (non-hydrogen) atoms. The Hall–Kier alpha value is -0.690. The molecule has 0 spiro atoms. The minimum absolute atomic E-state index is 0. The van der Waals surface area contributed by atoms with E-state index in [9.17, 15) is 0 Å². The lowest BCUT2D eigenvalue weighted by molar-refractivity contribution is 0.130. The van der Waals surface area contributed by atoms with Gasteiger partial charge in [-0.05, 0) is 42.9 Å². The van der Waals surface area contributed by atoms with Crippen LogP contribution < -0.4 is 15.8 Å². The Kier molecular flexibility index (Phi) is 7.76. The predicted molar refractivity (Wildman–Crippen MR) is 105 cm³/mol. The van der Waals surface area contributed by atoms with Crippen molar-refractivity contribution in [2.24, 2.45) is 16.1 Å². The molecule has 0 atom stereocenters. The van der Waals surface area contributed by atoms with Crippen molar-refractivity contribution in [2.75, 3.05) is 19.0 Å². The fourth-order valence-corrected chi connectivity index (χ4v) is 3.14. The maximum atomic E-state index is 6.09. The Morgan fingerprint density at radius 3 is 2.68 bits per heavy atom. The molecule has 0 radical (unpaired) electrons. The van der Waals surface area contributed by atoms with Crippen LogP contribution in [-0.4, -0.2) is 19.6 Å². The van der Waals surface area contributed by atoms with E-state index < -0.39 is 0 Å². The fraction of sp³-hybridized carbons (Fsp3) is 0.562. The summed E-state index contributed by atoms with van der Waals surface area (Å²) in [5, 5.41) is 3.64. The largest absolute Gasteiger partial charge is 0.495 e. The highest BCUT2D eigenvalue weighted by Gasteiger charge is 2.35. The lowest BCUT2D eigenvalue weighted by Crippen LogP contribution is -2.34. The summed E-state index contributed by atoms with van der Waals surface area (Å²) in [5.41, 5.74) is 7.18. The molecule has 0 aliphatic heterocycles. The predicted octanol–water partition coefficient (Wildman–Crippen LogP) is 4.66. The molecule has 4 nitrogen and oxygen atoms in total. The van der Waals surface area contributed by atoms with Crippen LogP contribution in [0.1, 0.15) is 39.0 Å². The van der Waals surface area contributed by atoms with E-state index in [4.69, 9.17) is 22.1 Å². The van der Waals surface area contributed by atoms with Gasteiger partial charge in [-0.3, -0.25) is 4.99 Å². The number of hydrogen-bond acceptors (Lipinski definition) is 2. The highest BCUT2D eigenvalue weighted by molar-refractivity contribution is 14.0. The van der Waals surface area contributed by atoms with Crippen LogP contribution in [0.4, 0.5) is 5.69 Å². The summed E-state index contributed by atoms with van der Waals surface area (Å²) < 4.78 is 5.12. The average Bonchev–Trinajstić information content (AvgIpc) is 2.42. The molecular weight excluding hydrogens is 413 g/mol. The minimum Gasteiger partial charge on any atom is -0.495 e. The standard InChI is InChI=1S/C16H24ClN3O.HI/c1-3-7-16(8-4-9-16)11-19-15(18)20-12-5-6-14(21-2)13(17)10-12;/h5-6,10H,3-4,7-9,11H2,1-2H3,(H3,18,19,20);1H. The third-order valence-electron chi connectivity index (χ3n) is 4.20. The molecule has 0 heterocycles. The van der Waals surface area contributed by atoms with E-state index in [-0.39, 0.29) is 24.0 Å². The van der Waals surface area contributed by atoms with E-state index in [1.165, 1.54) is 32.1 Å². The average molecular weight is 438 g/mol. The van der Waals surface area contributed by atoms with Gasteiger partial charge in [-0.15, -0.1) is 24.0 Å². The van der Waals surface area contributed by atoms with E-state index >= 15 is 0 Å². The van der Waals surface area contributed by atoms with Crippen molar-refractivity contribution in [3.8, 4) is 5.75 Å². The van der Waals surface area contributed by atoms with Gasteiger partial charge in [-0.25, -0.2) is 0 Å². The summed E-state index contributed by atoms with van der Waals surface area (Å²) in [7, 11) is 1.59. The number of methoxy groups -OCH3 is 1. The van der Waals surface area contributed by atoms with Crippen LogP contribution in [-0.2, 0) is 0 Å². The first-order chi connectivity index (χ1) is 10.1. The fourth-order valence-electron chi connectivity index (χ4n) is 2.88. The number of ether oxygens (including phenoxy) is 1. The van der Waals surface area contributed by atoms with E-state index in [1.54, 1.807) is 13.2 Å². The molecule has 6 heteroatoms. The van der Waals surface area contributed by atoms with Gasteiger partial charge in [0.05, 0.1) is 12.1 Å². The van der Waals surface area contributed by atoms with Crippen LogP contribution in [0.25, 0.3) is 0 Å². The first kappa shape index (κ1) is 19.4. The first-order valence-corrected chi connectivity index (χ1v) is 7.87. The molecule has 0 amide bonds. The van der Waals surface area contributed by atoms with Crippen LogP contribution in [0.2, 0.25) is 5.02 Å². The van der Waals surface area contributed by atoms with Crippen LogP contribution >= 0.6 is 35.6 Å². The van der Waals surface area contributed by atoms with Crippen molar-refractivity contribution in [2.45, 2.75) is 39.0 Å². The van der Waals surface area contributed by atoms with Crippen molar-refractivity contribution in [3.63, 3.8) is 0 Å². The number of rotatable bonds is 6. The Bertz CT molecular complexity index is 518. The zero-order valence-electron chi connectivity index (χ0n) is 13.2. The number of nitrogens with two attached hydrogens (primary N) is 1. The molecule has 0 aromatic heterocycles. The van der Waals surface area contributed by atoms with Gasteiger partial charge >= 0.3 is 0 Å². The van der Waals surface area contributed by atoms with Gasteiger partial charge in [0.25, 0.3) is 0 Å². The molecule has 1 aromatic rings. The Labute approximate surface area is 154 Å². The van der Waals surface area contributed by atoms with Crippen molar-refractivity contribution < 1.29 is 4.74 Å². The summed E-state index contributed by atoms with van der Waals surface area (Å²) in [6, 6.07) is 5.47. The second-order valence-corrected chi connectivity index (χ2v) is 6.19. The topological polar surface area (TPSA) is 59.6 Å². The van der Waals surface area contributed by atoms with Gasteiger partial charge in [-0.1, -0.05) is 31.4 Å². The SMILES string of the molecule is CCCC1(CN=C(N)Nc2ccc(OC)c(Cl)c2)CCC1.I. The maximum Gasteiger partial charge on any atom is 0.193 e. The maximum absolute atomic E-state index is 6.09. The Morgan fingerprint density at radius 1 is 1.45 bits per heavy atom. The summed E-state index contributed by atoms with van der Waals surface area (Å²) in [6.07, 6.45) is 6.30. The van der Waals surface area contributed by atoms with Gasteiger partial charge in [-0.2, -0.15) is 0 Å². The zero-order chi connectivity index (χ0) is 15.3. The number of aliphatic imine (C=N–C) groups is 1. The Balaban J connectivity index is 0.00000242. The zero-order valence-corrected chi connectivity index (χ0v) is 16.3. The van der Waals surface area contributed by atoms with E-state index in [0.717, 1.165) is 12.2 Å². The lowest BCUT2D eigenvalue weighted by atomic mass is 9.66. The van der Waals surface area contributed by atoms with Gasteiger partial charge in [0.15, 0.2) is 5.96 Å². The van der Waals surface area contributed by atoms with Crippen molar-refractivity contribution >= 4 is 47.2 Å². The number of nitrogens with one attached hydrogen (secondary N) is 1. The summed E-state index contributed by atoms with van der Waals surface area (Å²) in [4.78, 5) is 4.51. The normalized spacial score (nSPS) is 16.4. The molecule has 1 aliphatic carbocycles. The minimum atomic E-state index is 0. The van der Waals surface area contributed by atoms with Crippen LogP contribution in [0.15, 0.2) is 23.2 Å². The van der Waals surface area contributed by atoms with E-state index in [1.807, 2.05) is 12.1 Å². The number of halogens is 2. The van der Waals surface area contributed by atoms with E-state index in [2.05, 4.69) is 17.2 Å². The van der Waals surface area contributed by atoms with Crippen LogP contribution in [0.3, 0.4) is 0 Å². The molecule has 1 fully saturated rings. The third kappa shape index (κ3) is 4.91. The van der Waals surface area contributed by atoms with Crippen molar-refractivity contribution in [1.29, 1.82) is 0 Å². The van der Waals surface area contributed by atoms with Gasteiger partial charge in [0, 0.05) is 12.2 Å². The molecule has 0 bridgehead atoms. The molecule has 124 valence electrons. The van der Waals surface area contributed by atoms with Crippen LogP contribution in [0, 0.1) is 5.41 Å². The highest BCUT2D eigenvalue weighted by atomic mass is 127. The molecular formula is C16H25ClIN3O. The number of hydrogen-bond donors (Lipinski definition) is 2. The monoisotopic (exact) mass is 437 g/mol. The molecule has 1 saturated carbocycles. The molecule has 0 unspecified atom stereocenters. The quantitative estimate of drug-likeness (QED) is 0.386. The third-order valence-corrected chi connectivity index (χ3v) is 4.50. The highest BCUT2D eigenvalue weighted by Crippen LogP contribution is 2.44. The van der Waals surface area contributed by atoms with Crippen molar-refractivity contribution in [1.82, 2.24) is 0 Å². The lowest BCUT2D eigenvalue weighted by Gasteiger charge is -2.40. The first-order valence-electron chi connectivity index (χ1n) is 7.49.